The Hall–Kier alpha value is -2.36. The lowest BCUT2D eigenvalue weighted by atomic mass is 10.2. The first kappa shape index (κ1) is 15.7. The average molecular weight is 280 g/mol. The van der Waals surface area contributed by atoms with Crippen molar-refractivity contribution in [1.82, 2.24) is 0 Å². The van der Waals surface area contributed by atoms with Gasteiger partial charge >= 0.3 is 0 Å². The van der Waals surface area contributed by atoms with Crippen LogP contribution in [0.4, 0.5) is 17.6 Å². The second-order valence-electron chi connectivity index (χ2n) is 3.74. The van der Waals surface area contributed by atoms with Gasteiger partial charge in [0, 0.05) is 23.3 Å². The fraction of sp³-hybridized carbons (Fsp3) is 0. The Labute approximate surface area is 114 Å². The van der Waals surface area contributed by atoms with Gasteiger partial charge in [-0.2, -0.15) is 0 Å². The lowest BCUT2D eigenvalue weighted by Gasteiger charge is -1.93. The summed E-state index contributed by atoms with van der Waals surface area (Å²) >= 11 is 0. The molecular weight excluding hydrogens is 268 g/mol. The monoisotopic (exact) mass is 280 g/mol. The maximum atomic E-state index is 12.5. The molecule has 20 heavy (non-hydrogen) atoms. The van der Waals surface area contributed by atoms with Crippen molar-refractivity contribution in [2.45, 2.75) is 0 Å². The molecule has 0 saturated carbocycles. The lowest BCUT2D eigenvalue weighted by molar-refractivity contribution is 0.581. The smallest absolute Gasteiger partial charge is 0.133 e. The highest BCUT2D eigenvalue weighted by molar-refractivity contribution is 5.47. The molecule has 2 aromatic carbocycles. The molecule has 4 heteroatoms. The van der Waals surface area contributed by atoms with Crippen LogP contribution in [0, 0.1) is 23.3 Å². The molecule has 0 saturated heterocycles. The van der Waals surface area contributed by atoms with Crippen LogP contribution in [-0.4, -0.2) is 0 Å². The molecule has 0 aliphatic rings. The number of hydrogen-bond donors (Lipinski definition) is 0. The van der Waals surface area contributed by atoms with E-state index in [0.717, 1.165) is 12.1 Å². The summed E-state index contributed by atoms with van der Waals surface area (Å²) in [6, 6.07) is 6.74. The molecule has 0 nitrogen and oxygen atoms in total. The summed E-state index contributed by atoms with van der Waals surface area (Å²) in [7, 11) is 0. The molecule has 2 aromatic rings. The molecule has 0 radical (unpaired) electrons. The van der Waals surface area contributed by atoms with Gasteiger partial charge in [0.05, 0.1) is 0 Å². The zero-order valence-corrected chi connectivity index (χ0v) is 10.5. The Kier molecular flexibility index (Phi) is 5.72. The van der Waals surface area contributed by atoms with E-state index < -0.39 is 23.3 Å². The minimum Gasteiger partial charge on any atom is -0.207 e. The molecule has 0 spiro atoms. The Morgan fingerprint density at radius 2 is 1.00 bits per heavy atom. The van der Waals surface area contributed by atoms with E-state index in [-0.39, 0.29) is 0 Å². The summed E-state index contributed by atoms with van der Waals surface area (Å²) < 4.78 is 49.5. The Morgan fingerprint density at radius 1 is 0.650 bits per heavy atom. The Balaban J connectivity index is 0.000000200. The van der Waals surface area contributed by atoms with Gasteiger partial charge in [-0.25, -0.2) is 17.6 Å². The van der Waals surface area contributed by atoms with Crippen molar-refractivity contribution in [2.24, 2.45) is 0 Å². The molecule has 2 rings (SSSR count). The van der Waals surface area contributed by atoms with Crippen molar-refractivity contribution in [2.75, 3.05) is 0 Å². The standard InChI is InChI=1S/2C8H6F2/c2*1-2-6-3-4-7(9)5-8(6)10/h2*2-5H,1H2. The van der Waals surface area contributed by atoms with E-state index in [9.17, 15) is 17.6 Å². The summed E-state index contributed by atoms with van der Waals surface area (Å²) in [6.45, 7) is 6.72. The zero-order valence-electron chi connectivity index (χ0n) is 10.5. The number of rotatable bonds is 2. The fourth-order valence-electron chi connectivity index (χ4n) is 1.33. The molecule has 0 bridgehead atoms. The van der Waals surface area contributed by atoms with Gasteiger partial charge in [-0.3, -0.25) is 0 Å². The molecule has 104 valence electrons. The first-order chi connectivity index (χ1) is 9.47. The highest BCUT2D eigenvalue weighted by Crippen LogP contribution is 2.10. The minimum atomic E-state index is -0.574. The van der Waals surface area contributed by atoms with Gasteiger partial charge in [0.25, 0.3) is 0 Å². The topological polar surface area (TPSA) is 0 Å². The van der Waals surface area contributed by atoms with E-state index in [1.165, 1.54) is 36.4 Å². The molecule has 0 unspecified atom stereocenters. The highest BCUT2D eigenvalue weighted by atomic mass is 19.1. The van der Waals surface area contributed by atoms with Crippen LogP contribution in [0.3, 0.4) is 0 Å². The zero-order chi connectivity index (χ0) is 15.1. The van der Waals surface area contributed by atoms with Gasteiger partial charge in [-0.1, -0.05) is 25.3 Å². The largest absolute Gasteiger partial charge is 0.207 e. The van der Waals surface area contributed by atoms with Crippen molar-refractivity contribution in [1.29, 1.82) is 0 Å². The van der Waals surface area contributed by atoms with Gasteiger partial charge in [-0.05, 0) is 24.3 Å². The lowest BCUT2D eigenvalue weighted by Crippen LogP contribution is -1.82. The Morgan fingerprint density at radius 3 is 1.25 bits per heavy atom. The van der Waals surface area contributed by atoms with Gasteiger partial charge in [0.2, 0.25) is 0 Å². The SMILES string of the molecule is C=Cc1ccc(F)cc1F.C=Cc1ccc(F)cc1F. The van der Waals surface area contributed by atoms with Crippen LogP contribution in [-0.2, 0) is 0 Å². The van der Waals surface area contributed by atoms with Crippen molar-refractivity contribution in [3.8, 4) is 0 Å². The molecule has 0 aliphatic carbocycles. The third kappa shape index (κ3) is 4.39. The molecule has 0 aliphatic heterocycles. The quantitative estimate of drug-likeness (QED) is 0.662. The second-order valence-corrected chi connectivity index (χ2v) is 3.74. The van der Waals surface area contributed by atoms with Crippen LogP contribution in [0.2, 0.25) is 0 Å². The van der Waals surface area contributed by atoms with E-state index in [2.05, 4.69) is 13.2 Å². The first-order valence-corrected chi connectivity index (χ1v) is 5.63. The average Bonchev–Trinajstić information content (AvgIpc) is 2.40. The predicted octanol–water partition coefficient (Wildman–Crippen LogP) is 5.22. The van der Waals surface area contributed by atoms with Crippen molar-refractivity contribution in [3.63, 3.8) is 0 Å². The van der Waals surface area contributed by atoms with Gasteiger partial charge in [0.15, 0.2) is 0 Å². The van der Waals surface area contributed by atoms with Crippen LogP contribution in [0.25, 0.3) is 12.2 Å². The van der Waals surface area contributed by atoms with Crippen LogP contribution in [0.5, 0.6) is 0 Å². The van der Waals surface area contributed by atoms with E-state index in [1.807, 2.05) is 0 Å². The Bertz CT molecular complexity index is 562. The fourth-order valence-corrected chi connectivity index (χ4v) is 1.33. The van der Waals surface area contributed by atoms with Gasteiger partial charge in [0.1, 0.15) is 23.3 Å². The highest BCUT2D eigenvalue weighted by Gasteiger charge is 1.98. The van der Waals surface area contributed by atoms with Crippen LogP contribution < -0.4 is 0 Å². The number of hydrogen-bond acceptors (Lipinski definition) is 0. The summed E-state index contributed by atoms with van der Waals surface area (Å²) in [4.78, 5) is 0. The molecule has 0 amide bonds. The van der Waals surface area contributed by atoms with Crippen LogP contribution in [0.15, 0.2) is 49.6 Å². The molecule has 0 aromatic heterocycles. The van der Waals surface area contributed by atoms with E-state index in [1.54, 1.807) is 0 Å². The van der Waals surface area contributed by atoms with Gasteiger partial charge in [-0.15, -0.1) is 0 Å². The summed E-state index contributed by atoms with van der Waals surface area (Å²) in [5.74, 6) is -2.28. The number of halogens is 4. The first-order valence-electron chi connectivity index (χ1n) is 5.63. The molecule has 0 atom stereocenters. The predicted molar refractivity (Wildman–Crippen MR) is 72.9 cm³/mol. The van der Waals surface area contributed by atoms with E-state index in [4.69, 9.17) is 0 Å². The second kappa shape index (κ2) is 7.28. The molecule has 0 fully saturated rings. The maximum Gasteiger partial charge on any atom is 0.133 e. The number of benzene rings is 2. The summed E-state index contributed by atoms with van der Waals surface area (Å²) in [5, 5.41) is 0. The summed E-state index contributed by atoms with van der Waals surface area (Å²) in [6.07, 6.45) is 2.68. The molecule has 0 heterocycles. The molecule has 0 N–H and O–H groups in total. The third-order valence-corrected chi connectivity index (χ3v) is 2.36. The van der Waals surface area contributed by atoms with Gasteiger partial charge < -0.3 is 0 Å². The third-order valence-electron chi connectivity index (χ3n) is 2.36. The van der Waals surface area contributed by atoms with Crippen LogP contribution >= 0.6 is 0 Å². The minimum absolute atomic E-state index is 0.321. The maximum absolute atomic E-state index is 12.5. The van der Waals surface area contributed by atoms with E-state index >= 15 is 0 Å². The van der Waals surface area contributed by atoms with E-state index in [0.29, 0.717) is 11.1 Å². The normalized spacial score (nSPS) is 9.40. The van der Waals surface area contributed by atoms with Crippen molar-refractivity contribution >= 4 is 12.2 Å². The molecular formula is C16H12F4. The summed E-state index contributed by atoms with van der Waals surface area (Å²) in [5.41, 5.74) is 0.641. The van der Waals surface area contributed by atoms with Crippen LogP contribution in [0.1, 0.15) is 11.1 Å². The van der Waals surface area contributed by atoms with Crippen molar-refractivity contribution < 1.29 is 17.6 Å². The van der Waals surface area contributed by atoms with Crippen molar-refractivity contribution in [3.05, 3.63) is 84.0 Å².